The van der Waals surface area contributed by atoms with Crippen LogP contribution in [0, 0.1) is 47.3 Å². The number of rotatable bonds is 2. The molecule has 4 fully saturated rings. The number of benzene rings is 4. The normalized spacial score (nSPS) is 37.6. The van der Waals surface area contributed by atoms with Crippen LogP contribution in [0.15, 0.2) is 72.8 Å². The topological polar surface area (TPSA) is 0 Å². The molecule has 10 unspecified atom stereocenters. The molecule has 0 bridgehead atoms. The molecule has 4 saturated carbocycles. The Bertz CT molecular complexity index is 1710. The average Bonchev–Trinajstić information content (AvgIpc) is 3.42. The van der Waals surface area contributed by atoms with Gasteiger partial charge in [-0.1, -0.05) is 112 Å². The standard InChI is InChI=1S/C44H50/c1-3-12-29-25-39-32(22-27(29)10-1)15-7-19-36(39)42-38-21-9-17-34-24-31-14-5-6-18-35(31)43(41(34)38)44(42)37-20-8-16-33-23-28-11-2-4-13-30(28)26-40(33)37/h1,3,5-6,9-10,12,14,17-18,21,24,28,30,32-33,36-37,39-40,42,44H,2,4,7-8,11,13,15-16,19-20,22-23,25-26H2. The minimum Gasteiger partial charge on any atom is -0.0620 e. The van der Waals surface area contributed by atoms with Gasteiger partial charge in [0.2, 0.25) is 0 Å². The predicted molar refractivity (Wildman–Crippen MR) is 184 cm³/mol. The Balaban J connectivity index is 1.14. The first-order valence-corrected chi connectivity index (χ1v) is 18.8. The molecule has 4 aromatic carbocycles. The van der Waals surface area contributed by atoms with Crippen LogP contribution in [0.5, 0.6) is 0 Å². The Morgan fingerprint density at radius 2 is 1.14 bits per heavy atom. The van der Waals surface area contributed by atoms with Crippen LogP contribution < -0.4 is 0 Å². The maximum Gasteiger partial charge on any atom is -0.00466 e. The highest BCUT2D eigenvalue weighted by Gasteiger charge is 2.53. The van der Waals surface area contributed by atoms with Crippen molar-refractivity contribution in [2.75, 3.05) is 0 Å². The summed E-state index contributed by atoms with van der Waals surface area (Å²) in [6.07, 6.45) is 20.6. The Morgan fingerprint density at radius 3 is 2.00 bits per heavy atom. The molecule has 0 heterocycles. The second-order valence-electron chi connectivity index (χ2n) is 16.5. The Labute approximate surface area is 265 Å². The molecule has 0 nitrogen and oxygen atoms in total. The van der Waals surface area contributed by atoms with Crippen LogP contribution in [0.1, 0.15) is 111 Å². The summed E-state index contributed by atoms with van der Waals surface area (Å²) in [6.45, 7) is 0. The highest BCUT2D eigenvalue weighted by atomic mass is 14.6. The van der Waals surface area contributed by atoms with E-state index in [4.69, 9.17) is 0 Å². The van der Waals surface area contributed by atoms with Gasteiger partial charge in [-0.05, 0) is 154 Å². The molecule has 0 aromatic heterocycles. The Morgan fingerprint density at radius 1 is 0.455 bits per heavy atom. The number of fused-ring (bicyclic) bond motifs is 6. The lowest BCUT2D eigenvalue weighted by molar-refractivity contribution is -0.00206. The zero-order valence-electron chi connectivity index (χ0n) is 26.6. The quantitative estimate of drug-likeness (QED) is 0.208. The third-order valence-corrected chi connectivity index (χ3v) is 14.8. The zero-order valence-corrected chi connectivity index (χ0v) is 26.6. The first kappa shape index (κ1) is 26.6. The summed E-state index contributed by atoms with van der Waals surface area (Å²) in [6, 6.07) is 29.1. The zero-order chi connectivity index (χ0) is 28.8. The predicted octanol–water partition coefficient (Wildman–Crippen LogP) is 11.6. The molecule has 10 atom stereocenters. The maximum absolute atomic E-state index is 2.62. The van der Waals surface area contributed by atoms with E-state index in [9.17, 15) is 0 Å². The van der Waals surface area contributed by atoms with Gasteiger partial charge >= 0.3 is 0 Å². The minimum atomic E-state index is 0.699. The second kappa shape index (κ2) is 10.5. The van der Waals surface area contributed by atoms with E-state index in [1.165, 1.54) is 87.8 Å². The lowest BCUT2D eigenvalue weighted by Gasteiger charge is -2.53. The fourth-order valence-corrected chi connectivity index (χ4v) is 13.2. The van der Waals surface area contributed by atoms with Gasteiger partial charge in [0.1, 0.15) is 0 Å². The van der Waals surface area contributed by atoms with Crippen molar-refractivity contribution < 1.29 is 0 Å². The molecule has 44 heavy (non-hydrogen) atoms. The lowest BCUT2D eigenvalue weighted by atomic mass is 9.52. The molecule has 0 spiro atoms. The Kier molecular flexibility index (Phi) is 6.33. The molecule has 6 aliphatic rings. The average molecular weight is 579 g/mol. The van der Waals surface area contributed by atoms with Gasteiger partial charge < -0.3 is 0 Å². The lowest BCUT2D eigenvalue weighted by Crippen LogP contribution is -2.44. The van der Waals surface area contributed by atoms with E-state index in [-0.39, 0.29) is 0 Å². The SMILES string of the molecule is c1ccc2c(c1)CC1CCCC(C3c4cccc5cc6ccccc6c(c45)C3C3CCCC4CC5CCCCC5CC43)C1C2. The highest BCUT2D eigenvalue weighted by molar-refractivity contribution is 6.06. The summed E-state index contributed by atoms with van der Waals surface area (Å²) in [5, 5.41) is 6.28. The maximum atomic E-state index is 2.62. The summed E-state index contributed by atoms with van der Waals surface area (Å²) >= 11 is 0. The fourth-order valence-electron chi connectivity index (χ4n) is 13.2. The van der Waals surface area contributed by atoms with Crippen LogP contribution in [0.3, 0.4) is 0 Å². The van der Waals surface area contributed by atoms with Crippen molar-refractivity contribution in [2.24, 2.45) is 47.3 Å². The van der Waals surface area contributed by atoms with Crippen LogP contribution in [-0.4, -0.2) is 0 Å². The van der Waals surface area contributed by atoms with E-state index in [0.717, 1.165) is 47.3 Å². The van der Waals surface area contributed by atoms with Gasteiger partial charge in [-0.2, -0.15) is 0 Å². The molecule has 0 aliphatic heterocycles. The summed E-state index contributed by atoms with van der Waals surface area (Å²) < 4.78 is 0. The molecule has 6 aliphatic carbocycles. The first-order chi connectivity index (χ1) is 21.8. The van der Waals surface area contributed by atoms with Gasteiger partial charge in [-0.25, -0.2) is 0 Å². The van der Waals surface area contributed by atoms with E-state index in [0.29, 0.717) is 11.8 Å². The summed E-state index contributed by atoms with van der Waals surface area (Å²) in [5.41, 5.74) is 6.89. The van der Waals surface area contributed by atoms with Gasteiger partial charge in [-0.15, -0.1) is 0 Å². The molecule has 226 valence electrons. The van der Waals surface area contributed by atoms with Crippen LogP contribution in [0.2, 0.25) is 0 Å². The van der Waals surface area contributed by atoms with Crippen molar-refractivity contribution in [1.29, 1.82) is 0 Å². The summed E-state index contributed by atoms with van der Waals surface area (Å²) in [4.78, 5) is 0. The molecular formula is C44H50. The molecular weight excluding hydrogens is 528 g/mol. The van der Waals surface area contributed by atoms with Gasteiger partial charge in [0.25, 0.3) is 0 Å². The van der Waals surface area contributed by atoms with E-state index in [1.54, 1.807) is 45.9 Å². The molecule has 0 amide bonds. The molecule has 0 heteroatoms. The second-order valence-corrected chi connectivity index (χ2v) is 16.5. The van der Waals surface area contributed by atoms with Crippen molar-refractivity contribution in [3.63, 3.8) is 0 Å². The fraction of sp³-hybridized carbons (Fsp3) is 0.545. The van der Waals surface area contributed by atoms with E-state index in [1.807, 2.05) is 0 Å². The Hall–Kier alpha value is -2.60. The summed E-state index contributed by atoms with van der Waals surface area (Å²) in [5.74, 6) is 8.81. The molecule has 10 rings (SSSR count). The van der Waals surface area contributed by atoms with Crippen LogP contribution in [-0.2, 0) is 12.8 Å². The molecule has 0 radical (unpaired) electrons. The third-order valence-electron chi connectivity index (χ3n) is 14.8. The van der Waals surface area contributed by atoms with Crippen LogP contribution in [0.25, 0.3) is 21.5 Å². The third kappa shape index (κ3) is 4.01. The molecule has 0 saturated heterocycles. The minimum absolute atomic E-state index is 0.699. The van der Waals surface area contributed by atoms with Gasteiger partial charge in [0, 0.05) is 0 Å². The molecule has 0 N–H and O–H groups in total. The van der Waals surface area contributed by atoms with Crippen LogP contribution >= 0.6 is 0 Å². The van der Waals surface area contributed by atoms with Gasteiger partial charge in [0.15, 0.2) is 0 Å². The monoisotopic (exact) mass is 578 g/mol. The van der Waals surface area contributed by atoms with E-state index in [2.05, 4.69) is 72.8 Å². The largest absolute Gasteiger partial charge is 0.0620 e. The van der Waals surface area contributed by atoms with Crippen molar-refractivity contribution in [3.8, 4) is 0 Å². The van der Waals surface area contributed by atoms with Crippen molar-refractivity contribution in [2.45, 2.75) is 102 Å². The van der Waals surface area contributed by atoms with Gasteiger partial charge in [-0.3, -0.25) is 0 Å². The number of hydrogen-bond donors (Lipinski definition) is 0. The van der Waals surface area contributed by atoms with Crippen molar-refractivity contribution >= 4 is 21.5 Å². The van der Waals surface area contributed by atoms with Crippen molar-refractivity contribution in [3.05, 3.63) is 95.1 Å². The molecule has 4 aromatic rings. The van der Waals surface area contributed by atoms with Crippen molar-refractivity contribution in [1.82, 2.24) is 0 Å². The highest BCUT2D eigenvalue weighted by Crippen LogP contribution is 2.65. The van der Waals surface area contributed by atoms with E-state index >= 15 is 0 Å². The smallest absolute Gasteiger partial charge is 0.00466 e. The summed E-state index contributed by atoms with van der Waals surface area (Å²) in [7, 11) is 0. The van der Waals surface area contributed by atoms with Gasteiger partial charge in [0.05, 0.1) is 0 Å². The number of hydrogen-bond acceptors (Lipinski definition) is 0. The van der Waals surface area contributed by atoms with E-state index < -0.39 is 0 Å². The van der Waals surface area contributed by atoms with Crippen LogP contribution in [0.4, 0.5) is 0 Å². The first-order valence-electron chi connectivity index (χ1n) is 18.8.